The number of anilines is 5. The highest BCUT2D eigenvalue weighted by molar-refractivity contribution is 7.99. The van der Waals surface area contributed by atoms with Crippen LogP contribution in [0.15, 0.2) is 106 Å². The van der Waals surface area contributed by atoms with Gasteiger partial charge < -0.3 is 29.9 Å². The fourth-order valence-electron chi connectivity index (χ4n) is 6.02. The Morgan fingerprint density at radius 1 is 0.948 bits per heavy atom. The molecule has 0 radical (unpaired) electrons. The zero-order valence-electron chi connectivity index (χ0n) is 30.0. The van der Waals surface area contributed by atoms with Gasteiger partial charge in [0.05, 0.1) is 34.9 Å². The standard InChI is InChI=1S/C35H32ClN9O10S3/c1-54-29-26(37-33-38-32(36)39-34(40-33)43(14-16-56-17-15-46)22-10-6-3-7-11-22)19-24(58(51,52)53)20-28(29)45-35-44(41-30(42-45)21-8-4-2-5-9-21)27-13-12-23(57(48,49)50)18-25(27)31(47)55-35/h2-13,18-20,35,44,46H,14-17H2,1H3,(H3-,37,38,39,40,41,42,48,49,50,51,52,53). The third-order valence-electron chi connectivity index (χ3n) is 8.56. The fourth-order valence-corrected chi connectivity index (χ4v) is 7.85. The lowest BCUT2D eigenvalue weighted by molar-refractivity contribution is -0.845. The molecule has 7 rings (SSSR count). The molecule has 5 N–H and O–H groups in total. The zero-order valence-corrected chi connectivity index (χ0v) is 33.2. The van der Waals surface area contributed by atoms with Gasteiger partial charge in [0.1, 0.15) is 5.56 Å². The predicted octanol–water partition coefficient (Wildman–Crippen LogP) is 3.78. The molecule has 2 aliphatic rings. The summed E-state index contributed by atoms with van der Waals surface area (Å²) in [6.45, 7) is 0.411. The first-order chi connectivity index (χ1) is 27.7. The van der Waals surface area contributed by atoms with Gasteiger partial charge in [-0.1, -0.05) is 48.5 Å². The molecule has 58 heavy (non-hydrogen) atoms. The normalized spacial score (nSPS) is 16.3. The first kappa shape index (κ1) is 40.6. The van der Waals surface area contributed by atoms with E-state index < -0.39 is 42.3 Å². The highest BCUT2D eigenvalue weighted by Gasteiger charge is 2.44. The molecule has 4 aromatic carbocycles. The largest absolute Gasteiger partial charge is 0.492 e. The minimum Gasteiger partial charge on any atom is -0.492 e. The predicted molar refractivity (Wildman–Crippen MR) is 214 cm³/mol. The number of ether oxygens (including phenoxy) is 2. The number of amidine groups is 1. The van der Waals surface area contributed by atoms with E-state index in [-0.39, 0.29) is 63.0 Å². The Labute approximate surface area is 340 Å². The molecule has 1 aromatic heterocycles. The number of nitrogens with zero attached hydrogens (tertiary/aromatic N) is 7. The van der Waals surface area contributed by atoms with Crippen molar-refractivity contribution in [3.8, 4) is 5.75 Å². The number of carbonyl (C=O) groups is 1. The van der Waals surface area contributed by atoms with Crippen LogP contribution in [0.25, 0.3) is 5.43 Å². The lowest BCUT2D eigenvalue weighted by Crippen LogP contribution is -3.12. The Morgan fingerprint density at radius 3 is 2.33 bits per heavy atom. The van der Waals surface area contributed by atoms with Gasteiger partial charge in [0, 0.05) is 35.6 Å². The topological polar surface area (TPSA) is 253 Å². The Hall–Kier alpha value is -5.59. The highest BCUT2D eigenvalue weighted by Crippen LogP contribution is 2.42. The maximum atomic E-state index is 13.5. The molecule has 2 atom stereocenters. The minimum atomic E-state index is -4.95. The van der Waals surface area contributed by atoms with Crippen molar-refractivity contribution < 1.29 is 50.3 Å². The van der Waals surface area contributed by atoms with Crippen LogP contribution in [0.4, 0.5) is 34.6 Å². The van der Waals surface area contributed by atoms with Crippen LogP contribution in [0.5, 0.6) is 5.75 Å². The molecule has 2 unspecified atom stereocenters. The number of hydrazone groups is 1. The summed E-state index contributed by atoms with van der Waals surface area (Å²) in [5.74, 6) is 0.0330. The van der Waals surface area contributed by atoms with Gasteiger partial charge >= 0.3 is 12.3 Å². The van der Waals surface area contributed by atoms with Crippen molar-refractivity contribution in [2.45, 2.75) is 16.1 Å². The van der Waals surface area contributed by atoms with Gasteiger partial charge in [-0.25, -0.2) is 9.80 Å². The van der Waals surface area contributed by atoms with Crippen molar-refractivity contribution in [3.05, 3.63) is 113 Å². The van der Waals surface area contributed by atoms with Crippen molar-refractivity contribution in [2.75, 3.05) is 47.0 Å². The lowest BCUT2D eigenvalue weighted by Gasteiger charge is -2.46. The van der Waals surface area contributed by atoms with Gasteiger partial charge in [-0.15, -0.1) is 0 Å². The number of benzene rings is 4. The fraction of sp³-hybridized carbons (Fsp3) is 0.171. The number of methoxy groups -OCH3 is 1. The SMILES string of the molecule is COc1c(Nc2nc(Cl)nc(N(CCSCCO)c3ccccc3)n2)cc(S(=O)(=O)O)cc1N1N=C(c2ccccc2)[N-][NH+]2c3ccc(S(=O)(=O)O)cc3C(=O)OC12. The summed E-state index contributed by atoms with van der Waals surface area (Å²) in [6.07, 6.45) is -1.50. The van der Waals surface area contributed by atoms with Crippen molar-refractivity contribution >= 4 is 90.1 Å². The van der Waals surface area contributed by atoms with Crippen molar-refractivity contribution in [1.82, 2.24) is 15.0 Å². The van der Waals surface area contributed by atoms with Crippen LogP contribution in [-0.2, 0) is 25.0 Å². The molecule has 23 heteroatoms. The maximum absolute atomic E-state index is 13.5. The molecular weight excluding hydrogens is 838 g/mol. The van der Waals surface area contributed by atoms with Gasteiger partial charge in [0.25, 0.3) is 20.2 Å². The van der Waals surface area contributed by atoms with E-state index in [4.69, 9.17) is 21.1 Å². The molecule has 0 amide bonds. The van der Waals surface area contributed by atoms with Gasteiger partial charge in [-0.2, -0.15) is 43.5 Å². The number of thioether (sulfide) groups is 1. The second-order valence-corrected chi connectivity index (χ2v) is 16.7. The monoisotopic (exact) mass is 869 g/mol. The number of nitrogens with one attached hydrogen (secondary N) is 2. The highest BCUT2D eigenvalue weighted by atomic mass is 35.5. The molecule has 0 spiro atoms. The Morgan fingerprint density at radius 2 is 1.66 bits per heavy atom. The van der Waals surface area contributed by atoms with Gasteiger partial charge in [-0.3, -0.25) is 19.5 Å². The summed E-state index contributed by atoms with van der Waals surface area (Å²) in [6, 6.07) is 23.2. The summed E-state index contributed by atoms with van der Waals surface area (Å²) < 4.78 is 81.3. The summed E-state index contributed by atoms with van der Waals surface area (Å²) in [4.78, 5) is 27.2. The molecule has 5 aromatic rings. The average molecular weight is 870 g/mol. The summed E-state index contributed by atoms with van der Waals surface area (Å²) >= 11 is 7.95. The van der Waals surface area contributed by atoms with Crippen LogP contribution < -0.4 is 25.0 Å². The molecule has 302 valence electrons. The summed E-state index contributed by atoms with van der Waals surface area (Å²) in [5, 5.41) is 17.8. The van der Waals surface area contributed by atoms with Crippen LogP contribution >= 0.6 is 23.4 Å². The first-order valence-electron chi connectivity index (χ1n) is 17.0. The maximum Gasteiger partial charge on any atom is 0.350 e. The zero-order chi connectivity index (χ0) is 41.2. The van der Waals surface area contributed by atoms with E-state index in [0.717, 1.165) is 35.0 Å². The van der Waals surface area contributed by atoms with Gasteiger partial charge in [0.15, 0.2) is 11.4 Å². The summed E-state index contributed by atoms with van der Waals surface area (Å²) in [5.41, 5.74) is 5.54. The van der Waals surface area contributed by atoms with Gasteiger partial charge in [-0.05, 0) is 53.6 Å². The third kappa shape index (κ3) is 8.63. The van der Waals surface area contributed by atoms with Crippen LogP contribution in [0.3, 0.4) is 0 Å². The van der Waals surface area contributed by atoms with Crippen molar-refractivity contribution in [1.29, 1.82) is 0 Å². The second kappa shape index (κ2) is 16.7. The molecule has 0 saturated heterocycles. The lowest BCUT2D eigenvalue weighted by atomic mass is 10.1. The van der Waals surface area contributed by atoms with E-state index >= 15 is 0 Å². The van der Waals surface area contributed by atoms with E-state index in [2.05, 4.69) is 30.8 Å². The van der Waals surface area contributed by atoms with E-state index in [9.17, 15) is 35.8 Å². The third-order valence-corrected chi connectivity index (χ3v) is 11.4. The quantitative estimate of drug-likeness (QED) is 0.0605. The number of hydrogen-bond donors (Lipinski definition) is 5. The van der Waals surface area contributed by atoms with E-state index in [1.807, 2.05) is 30.3 Å². The summed E-state index contributed by atoms with van der Waals surface area (Å²) in [7, 11) is -8.38. The van der Waals surface area contributed by atoms with E-state index in [0.29, 0.717) is 23.6 Å². The first-order valence-corrected chi connectivity index (χ1v) is 21.4. The van der Waals surface area contributed by atoms with E-state index in [1.165, 1.54) is 24.9 Å². The van der Waals surface area contributed by atoms with Crippen LogP contribution in [0.1, 0.15) is 15.9 Å². The van der Waals surface area contributed by atoms with Crippen LogP contribution in [-0.4, -0.2) is 95.9 Å². The number of hydrogen-bond acceptors (Lipinski definition) is 16. The average Bonchev–Trinajstić information content (AvgIpc) is 3.20. The molecular formula is C35H32ClN9O10S3. The van der Waals surface area contributed by atoms with Crippen LogP contribution in [0, 0.1) is 0 Å². The molecule has 0 saturated carbocycles. The number of aliphatic hydroxyl groups excluding tert-OH is 1. The Balaban J connectivity index is 1.36. The number of aromatic nitrogens is 3. The molecule has 0 aliphatic carbocycles. The number of para-hydroxylation sites is 1. The number of aliphatic hydroxyl groups is 1. The molecule has 0 bridgehead atoms. The van der Waals surface area contributed by atoms with Crippen LogP contribution in [0.2, 0.25) is 5.28 Å². The number of halogens is 1. The molecule has 3 heterocycles. The molecule has 0 fully saturated rings. The number of rotatable bonds is 14. The minimum absolute atomic E-state index is 0.00683. The number of carbonyl (C=O) groups excluding carboxylic acids is 1. The number of fused-ring (bicyclic) bond motifs is 3. The smallest absolute Gasteiger partial charge is 0.350 e. The van der Waals surface area contributed by atoms with Gasteiger partial charge in [0.2, 0.25) is 17.2 Å². The van der Waals surface area contributed by atoms with Crippen molar-refractivity contribution in [2.24, 2.45) is 5.10 Å². The number of quaternary nitrogens is 1. The molecule has 19 nitrogen and oxygen atoms in total. The Kier molecular flexibility index (Phi) is 11.7. The Bertz CT molecular complexity index is 2610. The molecule has 2 aliphatic heterocycles. The number of esters is 1. The van der Waals surface area contributed by atoms with E-state index in [1.54, 1.807) is 35.2 Å². The van der Waals surface area contributed by atoms with Crippen molar-refractivity contribution in [3.63, 3.8) is 0 Å². The second-order valence-electron chi connectivity index (χ2n) is 12.2.